The molecule has 0 aliphatic rings. The van der Waals surface area contributed by atoms with Crippen molar-refractivity contribution in [3.8, 4) is 5.75 Å². The minimum Gasteiger partial charge on any atom is -0.434 e. The Morgan fingerprint density at radius 2 is 1.85 bits per heavy atom. The lowest BCUT2D eigenvalue weighted by atomic mass is 10.1. The maximum Gasteiger partial charge on any atom is 0.387 e. The van der Waals surface area contributed by atoms with Crippen LogP contribution in [-0.2, 0) is 4.79 Å². The number of halogens is 3. The fraction of sp³-hybridized carbons (Fsp3) is 0.222. The first kappa shape index (κ1) is 19.8. The molecule has 2 N–H and O–H groups in total. The van der Waals surface area contributed by atoms with Crippen LogP contribution >= 0.6 is 15.9 Å². The van der Waals surface area contributed by atoms with Crippen LogP contribution in [0, 0.1) is 6.92 Å². The fourth-order valence-corrected chi connectivity index (χ4v) is 2.44. The van der Waals surface area contributed by atoms with Gasteiger partial charge in [-0.05, 0) is 43.3 Å². The number of carbonyl (C=O) groups is 2. The van der Waals surface area contributed by atoms with Crippen LogP contribution in [0.15, 0.2) is 46.9 Å². The Balaban J connectivity index is 1.85. The fourth-order valence-electron chi connectivity index (χ4n) is 2.18. The van der Waals surface area contributed by atoms with Crippen molar-refractivity contribution in [3.05, 3.63) is 58.1 Å². The van der Waals surface area contributed by atoms with Gasteiger partial charge >= 0.3 is 6.61 Å². The topological polar surface area (TPSA) is 67.4 Å². The third-order valence-corrected chi connectivity index (χ3v) is 4.05. The third kappa shape index (κ3) is 5.80. The summed E-state index contributed by atoms with van der Waals surface area (Å²) in [6.45, 7) is -1.22. The molecule has 2 aromatic rings. The molecular formula is C18H17BrF2N2O3. The molecule has 0 radical (unpaired) electrons. The van der Waals surface area contributed by atoms with E-state index in [-0.39, 0.29) is 30.5 Å². The summed E-state index contributed by atoms with van der Waals surface area (Å²) in [7, 11) is 0. The molecule has 2 amide bonds. The molecule has 0 saturated carbocycles. The van der Waals surface area contributed by atoms with Crippen LogP contribution in [0.5, 0.6) is 5.75 Å². The molecule has 2 aromatic carbocycles. The maximum absolute atomic E-state index is 12.3. The largest absolute Gasteiger partial charge is 0.434 e. The van der Waals surface area contributed by atoms with Crippen LogP contribution < -0.4 is 15.4 Å². The minimum atomic E-state index is -2.94. The van der Waals surface area contributed by atoms with Gasteiger partial charge in [0.2, 0.25) is 5.91 Å². The molecular weight excluding hydrogens is 410 g/mol. The highest BCUT2D eigenvalue weighted by Gasteiger charge is 2.12. The Morgan fingerprint density at radius 1 is 1.15 bits per heavy atom. The number of anilines is 1. The molecule has 0 bridgehead atoms. The molecule has 26 heavy (non-hydrogen) atoms. The quantitative estimate of drug-likeness (QED) is 0.699. The van der Waals surface area contributed by atoms with Gasteiger partial charge in [-0.3, -0.25) is 9.59 Å². The molecule has 8 heteroatoms. The second-order valence-corrected chi connectivity index (χ2v) is 6.28. The Kier molecular flexibility index (Phi) is 7.08. The third-order valence-electron chi connectivity index (χ3n) is 3.52. The van der Waals surface area contributed by atoms with E-state index in [1.807, 2.05) is 0 Å². The second kappa shape index (κ2) is 9.28. The van der Waals surface area contributed by atoms with Gasteiger partial charge in [-0.25, -0.2) is 0 Å². The summed E-state index contributed by atoms with van der Waals surface area (Å²) in [5, 5.41) is 5.27. The first-order chi connectivity index (χ1) is 12.4. The highest BCUT2D eigenvalue weighted by molar-refractivity contribution is 9.10. The monoisotopic (exact) mass is 426 g/mol. The van der Waals surface area contributed by atoms with Crippen LogP contribution in [0.3, 0.4) is 0 Å². The van der Waals surface area contributed by atoms with Gasteiger partial charge in [-0.1, -0.05) is 22.0 Å². The zero-order valence-electron chi connectivity index (χ0n) is 13.9. The van der Waals surface area contributed by atoms with E-state index in [9.17, 15) is 18.4 Å². The normalized spacial score (nSPS) is 10.5. The van der Waals surface area contributed by atoms with Crippen molar-refractivity contribution < 1.29 is 23.1 Å². The molecule has 0 atom stereocenters. The molecule has 0 saturated heterocycles. The van der Waals surface area contributed by atoms with Crippen molar-refractivity contribution >= 4 is 33.4 Å². The SMILES string of the molecule is Cc1c(NC(=O)CCNC(=O)c2ccc(Br)cc2)cccc1OC(F)F. The van der Waals surface area contributed by atoms with E-state index >= 15 is 0 Å². The number of hydrogen-bond acceptors (Lipinski definition) is 3. The molecule has 0 spiro atoms. The summed E-state index contributed by atoms with van der Waals surface area (Å²) in [5.41, 5.74) is 1.27. The zero-order chi connectivity index (χ0) is 19.1. The highest BCUT2D eigenvalue weighted by atomic mass is 79.9. The molecule has 2 rings (SSSR count). The van der Waals surface area contributed by atoms with E-state index in [0.29, 0.717) is 16.8 Å². The number of ether oxygens (including phenoxy) is 1. The van der Waals surface area contributed by atoms with Crippen LogP contribution in [0.2, 0.25) is 0 Å². The summed E-state index contributed by atoms with van der Waals surface area (Å²) in [4.78, 5) is 24.0. The van der Waals surface area contributed by atoms with Gasteiger partial charge in [0.15, 0.2) is 0 Å². The van der Waals surface area contributed by atoms with E-state index in [0.717, 1.165) is 4.47 Å². The lowest BCUT2D eigenvalue weighted by Crippen LogP contribution is -2.27. The smallest absolute Gasteiger partial charge is 0.387 e. The number of nitrogens with one attached hydrogen (secondary N) is 2. The average Bonchev–Trinajstić information content (AvgIpc) is 2.58. The summed E-state index contributed by atoms with van der Waals surface area (Å²) < 4.78 is 29.9. The number of rotatable bonds is 7. The zero-order valence-corrected chi connectivity index (χ0v) is 15.5. The van der Waals surface area contributed by atoms with E-state index in [2.05, 4.69) is 31.3 Å². The second-order valence-electron chi connectivity index (χ2n) is 5.37. The predicted octanol–water partition coefficient (Wildman–Crippen LogP) is 4.12. The van der Waals surface area contributed by atoms with Crippen LogP contribution in [-0.4, -0.2) is 25.0 Å². The molecule has 5 nitrogen and oxygen atoms in total. The Hall–Kier alpha value is -2.48. The van der Waals surface area contributed by atoms with Gasteiger partial charge in [0.1, 0.15) is 5.75 Å². The molecule has 0 heterocycles. The maximum atomic E-state index is 12.3. The van der Waals surface area contributed by atoms with Gasteiger partial charge in [0.05, 0.1) is 0 Å². The standard InChI is InChI=1S/C18H17BrF2N2O3/c1-11-14(3-2-4-15(11)26-18(20)21)23-16(24)9-10-22-17(25)12-5-7-13(19)8-6-12/h2-8,18H,9-10H2,1H3,(H,22,25)(H,23,24). The van der Waals surface area contributed by atoms with Crippen LogP contribution in [0.1, 0.15) is 22.3 Å². The summed E-state index contributed by atoms with van der Waals surface area (Å²) >= 11 is 3.29. The Morgan fingerprint density at radius 3 is 2.50 bits per heavy atom. The van der Waals surface area contributed by atoms with Crippen molar-refractivity contribution in [2.24, 2.45) is 0 Å². The number of carbonyl (C=O) groups excluding carboxylic acids is 2. The first-order valence-electron chi connectivity index (χ1n) is 7.75. The number of benzene rings is 2. The summed E-state index contributed by atoms with van der Waals surface area (Å²) in [5.74, 6) is -0.631. The molecule has 0 unspecified atom stereocenters. The highest BCUT2D eigenvalue weighted by Crippen LogP contribution is 2.26. The molecule has 0 fully saturated rings. The van der Waals surface area contributed by atoms with E-state index in [1.165, 1.54) is 12.1 Å². The summed E-state index contributed by atoms with van der Waals surface area (Å²) in [6, 6.07) is 11.3. The molecule has 138 valence electrons. The Labute approximate surface area is 157 Å². The lowest BCUT2D eigenvalue weighted by molar-refractivity contribution is -0.116. The van der Waals surface area contributed by atoms with Crippen molar-refractivity contribution in [1.29, 1.82) is 0 Å². The molecule has 0 aromatic heterocycles. The first-order valence-corrected chi connectivity index (χ1v) is 8.54. The van der Waals surface area contributed by atoms with E-state index in [1.54, 1.807) is 37.3 Å². The molecule has 0 aliphatic heterocycles. The summed E-state index contributed by atoms with van der Waals surface area (Å²) in [6.07, 6.45) is 0.0433. The van der Waals surface area contributed by atoms with Crippen molar-refractivity contribution in [1.82, 2.24) is 5.32 Å². The van der Waals surface area contributed by atoms with Crippen molar-refractivity contribution in [2.75, 3.05) is 11.9 Å². The van der Waals surface area contributed by atoms with Gasteiger partial charge < -0.3 is 15.4 Å². The van der Waals surface area contributed by atoms with Crippen molar-refractivity contribution in [3.63, 3.8) is 0 Å². The van der Waals surface area contributed by atoms with Gasteiger partial charge in [0.25, 0.3) is 5.91 Å². The van der Waals surface area contributed by atoms with E-state index in [4.69, 9.17) is 0 Å². The van der Waals surface area contributed by atoms with Gasteiger partial charge in [0, 0.05) is 34.3 Å². The van der Waals surface area contributed by atoms with Crippen molar-refractivity contribution in [2.45, 2.75) is 20.0 Å². The lowest BCUT2D eigenvalue weighted by Gasteiger charge is -2.13. The number of alkyl halides is 2. The number of amides is 2. The predicted molar refractivity (Wildman–Crippen MR) is 97.5 cm³/mol. The minimum absolute atomic E-state index is 0.00124. The average molecular weight is 427 g/mol. The van der Waals surface area contributed by atoms with Gasteiger partial charge in [-0.2, -0.15) is 8.78 Å². The Bertz CT molecular complexity index is 783. The molecule has 0 aliphatic carbocycles. The van der Waals surface area contributed by atoms with Crippen LogP contribution in [0.4, 0.5) is 14.5 Å². The number of hydrogen-bond donors (Lipinski definition) is 2. The van der Waals surface area contributed by atoms with Crippen LogP contribution in [0.25, 0.3) is 0 Å². The van der Waals surface area contributed by atoms with Gasteiger partial charge in [-0.15, -0.1) is 0 Å². The van der Waals surface area contributed by atoms with E-state index < -0.39 is 6.61 Å².